The number of likely N-dealkylation sites (tertiary alicyclic amines) is 1. The van der Waals surface area contributed by atoms with Crippen LogP contribution in [0.3, 0.4) is 0 Å². The smallest absolute Gasteiger partial charge is 0.240 e. The standard InChI is InChI=1S/C26H45ClN6O3S/c1-13-5-6-14(2)30-23(13)25(35)33-11-19-21(12-33)37-26(31-19)32-24(34)18-9-28-15(3)7-16(18)17-8-22(27)29-10-20(17)36-4/h13-23,26,28-31H,5-12H2,1-4H3,(H,32,34). The molecule has 5 aliphatic heterocycles. The summed E-state index contributed by atoms with van der Waals surface area (Å²) in [6.45, 7) is 9.36. The Labute approximate surface area is 230 Å². The van der Waals surface area contributed by atoms with Crippen LogP contribution in [0.2, 0.25) is 0 Å². The number of hydrogen-bond donors (Lipinski definition) is 5. The van der Waals surface area contributed by atoms with Crippen molar-refractivity contribution in [3.8, 4) is 0 Å². The Kier molecular flexibility index (Phi) is 8.95. The van der Waals surface area contributed by atoms with Crippen molar-refractivity contribution in [3.63, 3.8) is 0 Å². The lowest BCUT2D eigenvalue weighted by Gasteiger charge is -2.45. The molecule has 0 radical (unpaired) electrons. The molecule has 0 spiro atoms. The number of thioether (sulfide) groups is 1. The number of carbonyl (C=O) groups excluding carboxylic acids is 2. The highest BCUT2D eigenvalue weighted by Gasteiger charge is 2.47. The highest BCUT2D eigenvalue weighted by atomic mass is 35.5. The normalized spacial score (nSPS) is 46.5. The number of carbonyl (C=O) groups is 2. The zero-order valence-electron chi connectivity index (χ0n) is 22.5. The number of hydrogen-bond acceptors (Lipinski definition) is 8. The van der Waals surface area contributed by atoms with Gasteiger partial charge in [-0.25, -0.2) is 0 Å². The number of methoxy groups -OCH3 is 1. The Morgan fingerprint density at radius 1 is 1.00 bits per heavy atom. The van der Waals surface area contributed by atoms with Crippen molar-refractivity contribution < 1.29 is 14.3 Å². The van der Waals surface area contributed by atoms with Crippen LogP contribution in [0.25, 0.3) is 0 Å². The fraction of sp³-hybridized carbons (Fsp3) is 0.923. The van der Waals surface area contributed by atoms with Gasteiger partial charge in [0.05, 0.1) is 23.6 Å². The molecule has 5 N–H and O–H groups in total. The molecule has 2 amide bonds. The second-order valence-corrected chi connectivity index (χ2v) is 13.9. The third kappa shape index (κ3) is 6.10. The lowest BCUT2D eigenvalue weighted by molar-refractivity contribution is -0.135. The maximum atomic E-state index is 13.6. The van der Waals surface area contributed by atoms with E-state index < -0.39 is 0 Å². The van der Waals surface area contributed by atoms with E-state index in [1.165, 1.54) is 0 Å². The molecule has 9 nitrogen and oxygen atoms in total. The second-order valence-electron chi connectivity index (χ2n) is 12.0. The summed E-state index contributed by atoms with van der Waals surface area (Å²) < 4.78 is 5.81. The van der Waals surface area contributed by atoms with E-state index in [9.17, 15) is 9.59 Å². The Morgan fingerprint density at radius 3 is 2.57 bits per heavy atom. The van der Waals surface area contributed by atoms with Gasteiger partial charge in [0.15, 0.2) is 0 Å². The van der Waals surface area contributed by atoms with Crippen LogP contribution in [0.5, 0.6) is 0 Å². The van der Waals surface area contributed by atoms with E-state index in [4.69, 9.17) is 16.3 Å². The number of fused-ring (bicyclic) bond motifs is 1. The van der Waals surface area contributed by atoms with Crippen molar-refractivity contribution in [1.82, 2.24) is 31.5 Å². The van der Waals surface area contributed by atoms with Gasteiger partial charge in [-0.15, -0.1) is 23.4 Å². The maximum Gasteiger partial charge on any atom is 0.240 e. The molecular weight excluding hydrogens is 512 g/mol. The minimum Gasteiger partial charge on any atom is -0.380 e. The number of nitrogens with one attached hydrogen (secondary N) is 5. The number of rotatable bonds is 5. The van der Waals surface area contributed by atoms with Gasteiger partial charge >= 0.3 is 0 Å². The van der Waals surface area contributed by atoms with Gasteiger partial charge in [0, 0.05) is 56.7 Å². The first-order valence-electron chi connectivity index (χ1n) is 14.1. The predicted octanol–water partition coefficient (Wildman–Crippen LogP) is 0.882. The summed E-state index contributed by atoms with van der Waals surface area (Å²) in [5, 5.41) is 17.5. The third-order valence-electron chi connectivity index (χ3n) is 9.40. The van der Waals surface area contributed by atoms with Crippen LogP contribution in [0.4, 0.5) is 0 Å². The van der Waals surface area contributed by atoms with E-state index in [0.29, 0.717) is 42.9 Å². The van der Waals surface area contributed by atoms with Crippen LogP contribution in [0, 0.1) is 23.7 Å². The van der Waals surface area contributed by atoms with E-state index in [1.54, 1.807) is 18.9 Å². The van der Waals surface area contributed by atoms with Gasteiger partial charge in [0.1, 0.15) is 5.50 Å². The number of ether oxygens (including phenoxy) is 1. The summed E-state index contributed by atoms with van der Waals surface area (Å²) >= 11 is 8.23. The Balaban J connectivity index is 1.16. The maximum absolute atomic E-state index is 13.6. The zero-order chi connectivity index (χ0) is 26.3. The number of nitrogens with zero attached hydrogens (tertiary/aromatic N) is 1. The van der Waals surface area contributed by atoms with Crippen LogP contribution in [0.15, 0.2) is 0 Å². The molecule has 0 bridgehead atoms. The second kappa shape index (κ2) is 11.9. The van der Waals surface area contributed by atoms with Crippen LogP contribution in [0.1, 0.15) is 46.5 Å². The summed E-state index contributed by atoms with van der Waals surface area (Å²) in [4.78, 5) is 28.9. The van der Waals surface area contributed by atoms with Crippen LogP contribution < -0.4 is 26.6 Å². The molecule has 37 heavy (non-hydrogen) atoms. The SMILES string of the molecule is COC1CNC(Cl)CC1C1CC(C)NCC1C(=O)NC1NC2CN(C(=O)C3NC(C)CCC3C)CC2S1. The molecule has 0 saturated carbocycles. The predicted molar refractivity (Wildman–Crippen MR) is 147 cm³/mol. The summed E-state index contributed by atoms with van der Waals surface area (Å²) in [5.41, 5.74) is -0.212. The van der Waals surface area contributed by atoms with E-state index in [1.807, 2.05) is 4.90 Å². The van der Waals surface area contributed by atoms with Gasteiger partial charge in [0.2, 0.25) is 11.8 Å². The molecule has 210 valence electrons. The molecule has 12 unspecified atom stereocenters. The monoisotopic (exact) mass is 556 g/mol. The molecule has 5 rings (SSSR count). The highest BCUT2D eigenvalue weighted by molar-refractivity contribution is 8.00. The molecule has 0 aromatic rings. The quantitative estimate of drug-likeness (QED) is 0.251. The lowest BCUT2D eigenvalue weighted by atomic mass is 9.70. The average Bonchev–Trinajstić information content (AvgIpc) is 3.43. The minimum atomic E-state index is -0.126. The highest BCUT2D eigenvalue weighted by Crippen LogP contribution is 2.38. The van der Waals surface area contributed by atoms with Gasteiger partial charge in [0.25, 0.3) is 0 Å². The van der Waals surface area contributed by atoms with Gasteiger partial charge in [-0.1, -0.05) is 6.92 Å². The van der Waals surface area contributed by atoms with Gasteiger partial charge in [-0.2, -0.15) is 0 Å². The summed E-state index contributed by atoms with van der Waals surface area (Å²) in [6, 6.07) is 0.871. The molecule has 11 heteroatoms. The Bertz CT molecular complexity index is 826. The molecule has 0 aromatic carbocycles. The van der Waals surface area contributed by atoms with Gasteiger partial charge in [-0.3, -0.25) is 20.2 Å². The largest absolute Gasteiger partial charge is 0.380 e. The number of piperidine rings is 3. The minimum absolute atomic E-state index is 0.0619. The van der Waals surface area contributed by atoms with Crippen molar-refractivity contribution in [2.45, 2.75) is 93.0 Å². The van der Waals surface area contributed by atoms with Crippen LogP contribution in [-0.2, 0) is 14.3 Å². The lowest BCUT2D eigenvalue weighted by Crippen LogP contribution is -2.58. The van der Waals surface area contributed by atoms with Crippen molar-refractivity contribution >= 4 is 35.2 Å². The fourth-order valence-electron chi connectivity index (χ4n) is 7.19. The molecule has 5 fully saturated rings. The Morgan fingerprint density at radius 2 is 1.81 bits per heavy atom. The Hall–Kier alpha value is -0.620. The van der Waals surface area contributed by atoms with Crippen molar-refractivity contribution in [1.29, 1.82) is 0 Å². The zero-order valence-corrected chi connectivity index (χ0v) is 24.1. The molecule has 0 aliphatic carbocycles. The summed E-state index contributed by atoms with van der Waals surface area (Å²) in [5.74, 6) is 1.03. The van der Waals surface area contributed by atoms with E-state index in [2.05, 4.69) is 47.4 Å². The molecule has 5 heterocycles. The molecule has 0 aromatic heterocycles. The third-order valence-corrected chi connectivity index (χ3v) is 11.1. The van der Waals surface area contributed by atoms with Crippen molar-refractivity contribution in [3.05, 3.63) is 0 Å². The van der Waals surface area contributed by atoms with Gasteiger partial charge < -0.3 is 25.6 Å². The van der Waals surface area contributed by atoms with Crippen LogP contribution >= 0.6 is 23.4 Å². The fourth-order valence-corrected chi connectivity index (χ4v) is 8.89. The molecular formula is C26H45ClN6O3S. The molecule has 5 saturated heterocycles. The number of halogens is 1. The summed E-state index contributed by atoms with van der Waals surface area (Å²) in [6.07, 6.45) is 4.02. The van der Waals surface area contributed by atoms with Crippen molar-refractivity contribution in [2.24, 2.45) is 23.7 Å². The van der Waals surface area contributed by atoms with E-state index in [0.717, 1.165) is 32.2 Å². The first-order chi connectivity index (χ1) is 17.7. The van der Waals surface area contributed by atoms with E-state index in [-0.39, 0.29) is 58.8 Å². The number of amides is 2. The molecule has 5 aliphatic rings. The summed E-state index contributed by atoms with van der Waals surface area (Å²) in [7, 11) is 1.75. The first kappa shape index (κ1) is 27.9. The van der Waals surface area contributed by atoms with Crippen molar-refractivity contribution in [2.75, 3.05) is 33.3 Å². The van der Waals surface area contributed by atoms with E-state index >= 15 is 0 Å². The van der Waals surface area contributed by atoms with Gasteiger partial charge in [-0.05, 0) is 57.3 Å². The first-order valence-corrected chi connectivity index (χ1v) is 15.5. The average molecular weight is 557 g/mol. The van der Waals surface area contributed by atoms with Crippen LogP contribution in [-0.4, -0.2) is 96.5 Å². The topological polar surface area (TPSA) is 107 Å². The number of alkyl halides is 1. The molecule has 12 atom stereocenters.